The highest BCUT2D eigenvalue weighted by Crippen LogP contribution is 2.17. The summed E-state index contributed by atoms with van der Waals surface area (Å²) >= 11 is 0. The Balaban J connectivity index is 1.18. The first-order valence-electron chi connectivity index (χ1n) is 11.7. The molecule has 2 aromatic heterocycles. The van der Waals surface area contributed by atoms with Gasteiger partial charge in [0, 0.05) is 56.4 Å². The number of carbonyl (C=O) groups excluding carboxylic acids is 1. The number of aromatic nitrogens is 2. The molecule has 1 amide bonds. The van der Waals surface area contributed by atoms with Crippen LogP contribution in [-0.2, 0) is 6.42 Å². The molecule has 176 valence electrons. The highest BCUT2D eigenvalue weighted by molar-refractivity contribution is 5.97. The van der Waals surface area contributed by atoms with Gasteiger partial charge < -0.3 is 26.0 Å². The predicted octanol–water partition coefficient (Wildman–Crippen LogP) is 1.73. The Labute approximate surface area is 194 Å². The lowest BCUT2D eigenvalue weighted by Crippen LogP contribution is -2.37. The number of hydrogen-bond donors (Lipinski definition) is 4. The summed E-state index contributed by atoms with van der Waals surface area (Å²) in [5, 5.41) is 13.6. The Kier molecular flexibility index (Phi) is 7.93. The van der Waals surface area contributed by atoms with E-state index in [4.69, 9.17) is 5.73 Å². The van der Waals surface area contributed by atoms with Crippen LogP contribution >= 0.6 is 0 Å². The van der Waals surface area contributed by atoms with Gasteiger partial charge in [0.2, 0.25) is 0 Å². The Morgan fingerprint density at radius 1 is 1.24 bits per heavy atom. The molecule has 4 rings (SSSR count). The van der Waals surface area contributed by atoms with Crippen LogP contribution in [0.4, 0.5) is 5.82 Å². The number of nitrogens with zero attached hydrogens (tertiary/aromatic N) is 3. The third-order valence-electron chi connectivity index (χ3n) is 6.41. The molecule has 0 radical (unpaired) electrons. The molecular weight excluding hydrogens is 416 g/mol. The van der Waals surface area contributed by atoms with Crippen molar-refractivity contribution in [2.45, 2.75) is 12.8 Å². The first-order valence-corrected chi connectivity index (χ1v) is 11.7. The number of carbonyl (C=O) groups is 1. The molecule has 8 heteroatoms. The number of H-pyrrole nitrogens is 1. The molecule has 3 heterocycles. The highest BCUT2D eigenvalue weighted by atomic mass is 16.3. The number of rotatable bonds is 11. The van der Waals surface area contributed by atoms with Gasteiger partial charge in [0.15, 0.2) is 0 Å². The minimum atomic E-state index is -0.0454. The molecule has 0 saturated carbocycles. The van der Waals surface area contributed by atoms with E-state index in [1.807, 2.05) is 48.7 Å². The standard InChI is InChI=1S/C25H34N6O2/c26-24-6-5-19(16-27-24)7-9-30(13-14-32)11-12-31-10-8-20(18-31)17-28-25(33)23-15-21-3-1-2-4-22(21)29-23/h1-6,15-16,20,29,32H,7-14,17-18H2,(H2,26,27)(H,28,33). The fourth-order valence-corrected chi connectivity index (χ4v) is 4.44. The Morgan fingerprint density at radius 3 is 2.91 bits per heavy atom. The Morgan fingerprint density at radius 2 is 2.12 bits per heavy atom. The van der Waals surface area contributed by atoms with Crippen LogP contribution in [0.1, 0.15) is 22.5 Å². The summed E-state index contributed by atoms with van der Waals surface area (Å²) in [6, 6.07) is 13.7. The van der Waals surface area contributed by atoms with E-state index >= 15 is 0 Å². The zero-order valence-corrected chi connectivity index (χ0v) is 19.0. The normalized spacial score (nSPS) is 16.6. The van der Waals surface area contributed by atoms with Gasteiger partial charge in [-0.15, -0.1) is 0 Å². The minimum absolute atomic E-state index is 0.0454. The van der Waals surface area contributed by atoms with Gasteiger partial charge in [0.25, 0.3) is 5.91 Å². The van der Waals surface area contributed by atoms with Gasteiger partial charge in [-0.2, -0.15) is 0 Å². The molecule has 1 unspecified atom stereocenters. The first kappa shape index (κ1) is 23.2. The fraction of sp³-hybridized carbons (Fsp3) is 0.440. The second-order valence-corrected chi connectivity index (χ2v) is 8.84. The number of nitrogens with one attached hydrogen (secondary N) is 2. The lowest BCUT2D eigenvalue weighted by atomic mass is 10.1. The maximum absolute atomic E-state index is 12.5. The summed E-state index contributed by atoms with van der Waals surface area (Å²) in [6.45, 7) is 6.30. The Hall–Kier alpha value is -2.94. The van der Waals surface area contributed by atoms with Gasteiger partial charge in [-0.3, -0.25) is 9.69 Å². The van der Waals surface area contributed by atoms with Crippen molar-refractivity contribution in [3.05, 3.63) is 59.9 Å². The maximum Gasteiger partial charge on any atom is 0.267 e. The number of likely N-dealkylation sites (tertiary alicyclic amines) is 1. The average Bonchev–Trinajstić information content (AvgIpc) is 3.47. The van der Waals surface area contributed by atoms with Gasteiger partial charge in [-0.1, -0.05) is 24.3 Å². The zero-order valence-electron chi connectivity index (χ0n) is 19.0. The van der Waals surface area contributed by atoms with Crippen LogP contribution in [0.25, 0.3) is 10.9 Å². The van der Waals surface area contributed by atoms with Gasteiger partial charge in [0.1, 0.15) is 11.5 Å². The van der Waals surface area contributed by atoms with Crippen molar-refractivity contribution in [3.63, 3.8) is 0 Å². The number of anilines is 1. The van der Waals surface area contributed by atoms with Crippen LogP contribution < -0.4 is 11.1 Å². The van der Waals surface area contributed by atoms with Crippen LogP contribution in [0.2, 0.25) is 0 Å². The number of aromatic amines is 1. The van der Waals surface area contributed by atoms with Crippen LogP contribution in [0, 0.1) is 5.92 Å². The van der Waals surface area contributed by atoms with Crippen molar-refractivity contribution < 1.29 is 9.90 Å². The van der Waals surface area contributed by atoms with Crippen LogP contribution in [0.5, 0.6) is 0 Å². The number of fused-ring (bicyclic) bond motifs is 1. The molecule has 1 aliphatic heterocycles. The van der Waals surface area contributed by atoms with Crippen molar-refractivity contribution in [2.24, 2.45) is 5.92 Å². The number of benzene rings is 1. The van der Waals surface area contributed by atoms with E-state index < -0.39 is 0 Å². The predicted molar refractivity (Wildman–Crippen MR) is 131 cm³/mol. The van der Waals surface area contributed by atoms with E-state index in [1.165, 1.54) is 0 Å². The van der Waals surface area contributed by atoms with E-state index in [1.54, 1.807) is 0 Å². The molecule has 1 fully saturated rings. The van der Waals surface area contributed by atoms with Crippen LogP contribution in [0.15, 0.2) is 48.7 Å². The molecule has 8 nitrogen and oxygen atoms in total. The van der Waals surface area contributed by atoms with E-state index in [9.17, 15) is 9.90 Å². The largest absolute Gasteiger partial charge is 0.395 e. The molecule has 1 atom stereocenters. The summed E-state index contributed by atoms with van der Waals surface area (Å²) in [4.78, 5) is 24.6. The van der Waals surface area contributed by atoms with E-state index in [0.717, 1.165) is 62.0 Å². The number of hydrogen-bond acceptors (Lipinski definition) is 6. The molecule has 33 heavy (non-hydrogen) atoms. The number of aliphatic hydroxyl groups excluding tert-OH is 1. The lowest BCUT2D eigenvalue weighted by molar-refractivity contribution is 0.0943. The second-order valence-electron chi connectivity index (χ2n) is 8.84. The molecule has 1 aliphatic rings. The van der Waals surface area contributed by atoms with Gasteiger partial charge in [0.05, 0.1) is 6.61 Å². The van der Waals surface area contributed by atoms with Crippen molar-refractivity contribution in [3.8, 4) is 0 Å². The Bertz CT molecular complexity index is 1000. The van der Waals surface area contributed by atoms with E-state index in [0.29, 0.717) is 30.5 Å². The van der Waals surface area contributed by atoms with Gasteiger partial charge in [-0.05, 0) is 49.1 Å². The SMILES string of the molecule is Nc1ccc(CCN(CCO)CCN2CCC(CNC(=O)c3cc4ccccc4[nH]3)C2)cn1. The highest BCUT2D eigenvalue weighted by Gasteiger charge is 2.23. The summed E-state index contributed by atoms with van der Waals surface area (Å²) in [6.07, 6.45) is 3.79. The number of nitrogens with two attached hydrogens (primary N) is 1. The monoisotopic (exact) mass is 450 g/mol. The number of pyridine rings is 1. The molecule has 5 N–H and O–H groups in total. The zero-order chi connectivity index (χ0) is 23.0. The quantitative estimate of drug-likeness (QED) is 0.354. The average molecular weight is 451 g/mol. The lowest BCUT2D eigenvalue weighted by Gasteiger charge is -2.25. The third-order valence-corrected chi connectivity index (χ3v) is 6.41. The van der Waals surface area contributed by atoms with Crippen molar-refractivity contribution >= 4 is 22.6 Å². The molecule has 1 aromatic carbocycles. The van der Waals surface area contributed by atoms with Crippen LogP contribution in [-0.4, -0.2) is 83.2 Å². The van der Waals surface area contributed by atoms with E-state index in [2.05, 4.69) is 25.1 Å². The third kappa shape index (κ3) is 6.54. The van der Waals surface area contributed by atoms with Crippen molar-refractivity contribution in [2.75, 3.05) is 58.2 Å². The second kappa shape index (κ2) is 11.3. The summed E-state index contributed by atoms with van der Waals surface area (Å²) in [7, 11) is 0. The minimum Gasteiger partial charge on any atom is -0.395 e. The molecule has 1 saturated heterocycles. The first-order chi connectivity index (χ1) is 16.1. The van der Waals surface area contributed by atoms with Crippen LogP contribution in [0.3, 0.4) is 0 Å². The van der Waals surface area contributed by atoms with Crippen molar-refractivity contribution in [1.29, 1.82) is 0 Å². The molecule has 0 bridgehead atoms. The fourth-order valence-electron chi connectivity index (χ4n) is 4.44. The topological polar surface area (TPSA) is 111 Å². The molecule has 0 aliphatic carbocycles. The van der Waals surface area contributed by atoms with E-state index in [-0.39, 0.29) is 12.5 Å². The van der Waals surface area contributed by atoms with Gasteiger partial charge >= 0.3 is 0 Å². The smallest absolute Gasteiger partial charge is 0.267 e. The number of aliphatic hydroxyl groups is 1. The summed E-state index contributed by atoms with van der Waals surface area (Å²) < 4.78 is 0. The number of para-hydroxylation sites is 1. The molecular formula is C25H34N6O2. The molecule has 3 aromatic rings. The summed E-state index contributed by atoms with van der Waals surface area (Å²) in [5.41, 5.74) is 8.40. The van der Waals surface area contributed by atoms with Gasteiger partial charge in [-0.25, -0.2) is 4.98 Å². The molecule has 0 spiro atoms. The number of amides is 1. The van der Waals surface area contributed by atoms with Crippen molar-refractivity contribution in [1.82, 2.24) is 25.1 Å². The summed E-state index contributed by atoms with van der Waals surface area (Å²) in [5.74, 6) is 0.952. The maximum atomic E-state index is 12.5. The number of nitrogen functional groups attached to an aromatic ring is 1.